The van der Waals surface area contributed by atoms with Gasteiger partial charge < -0.3 is 15.3 Å². The Morgan fingerprint density at radius 1 is 1.42 bits per heavy atom. The maximum Gasteiger partial charge on any atom is 0.203 e. The van der Waals surface area contributed by atoms with Gasteiger partial charge >= 0.3 is 0 Å². The minimum Gasteiger partial charge on any atom is -0.508 e. The summed E-state index contributed by atoms with van der Waals surface area (Å²) in [4.78, 5) is 17.8. The van der Waals surface area contributed by atoms with Gasteiger partial charge in [-0.1, -0.05) is 6.92 Å². The van der Waals surface area contributed by atoms with Crippen molar-refractivity contribution in [3.8, 4) is 16.3 Å². The van der Waals surface area contributed by atoms with Crippen LogP contribution in [-0.2, 0) is 6.42 Å². The van der Waals surface area contributed by atoms with Gasteiger partial charge in [0, 0.05) is 17.1 Å². The van der Waals surface area contributed by atoms with Gasteiger partial charge in [-0.25, -0.2) is 4.98 Å². The second-order valence-corrected chi connectivity index (χ2v) is 8.03. The third-order valence-corrected chi connectivity index (χ3v) is 5.92. The third kappa shape index (κ3) is 3.51. The minimum absolute atomic E-state index is 0.129. The number of hydrogen-bond acceptors (Lipinski definition) is 7. The van der Waals surface area contributed by atoms with Gasteiger partial charge in [0.05, 0.1) is 17.0 Å². The number of thiazole rings is 1. The number of phenols is 1. The fraction of sp³-hybridized carbons (Fsp3) is 0.368. The average molecular weight is 391 g/mol. The van der Waals surface area contributed by atoms with Crippen LogP contribution in [0.5, 0.6) is 5.75 Å². The summed E-state index contributed by atoms with van der Waals surface area (Å²) in [5, 5.41) is 13.1. The molecule has 0 aliphatic carbocycles. The molecule has 0 fully saturated rings. The van der Waals surface area contributed by atoms with Crippen LogP contribution in [0.25, 0.3) is 21.5 Å². The molecule has 138 valence electrons. The summed E-state index contributed by atoms with van der Waals surface area (Å²) in [6.45, 7) is 3.82. The monoisotopic (exact) mass is 390 g/mol. The molecule has 3 rings (SSSR count). The number of nitrogens with zero attached hydrogens (tertiary/aromatic N) is 1. The number of aryl methyl sites for hydroxylation is 2. The van der Waals surface area contributed by atoms with Gasteiger partial charge in [-0.05, 0) is 43.4 Å². The minimum atomic E-state index is -0.410. The SMILES string of the molecule is CCc1cc2c(=O)c(-c3nc(C)cs3)c([C@@H](N)CCSC)oc2cc1O. The Morgan fingerprint density at radius 2 is 2.19 bits per heavy atom. The fourth-order valence-electron chi connectivity index (χ4n) is 2.88. The van der Waals surface area contributed by atoms with Crippen LogP contribution in [0.15, 0.2) is 26.7 Å². The first-order valence-corrected chi connectivity index (χ1v) is 10.7. The van der Waals surface area contributed by atoms with Crippen molar-refractivity contribution in [2.45, 2.75) is 32.7 Å². The maximum absolute atomic E-state index is 13.3. The van der Waals surface area contributed by atoms with E-state index in [0.29, 0.717) is 45.7 Å². The van der Waals surface area contributed by atoms with Crippen molar-refractivity contribution in [3.05, 3.63) is 44.8 Å². The first-order valence-electron chi connectivity index (χ1n) is 8.45. The Balaban J connectivity index is 2.30. The van der Waals surface area contributed by atoms with E-state index in [0.717, 1.165) is 11.4 Å². The van der Waals surface area contributed by atoms with Crippen LogP contribution in [-0.4, -0.2) is 22.1 Å². The quantitative estimate of drug-likeness (QED) is 0.654. The van der Waals surface area contributed by atoms with Crippen LogP contribution in [0.3, 0.4) is 0 Å². The number of aromatic nitrogens is 1. The molecule has 0 amide bonds. The molecule has 3 aromatic rings. The third-order valence-electron chi connectivity index (χ3n) is 4.30. The summed E-state index contributed by atoms with van der Waals surface area (Å²) in [6.07, 6.45) is 3.33. The molecule has 2 aromatic heterocycles. The summed E-state index contributed by atoms with van der Waals surface area (Å²) in [5.74, 6) is 1.43. The van der Waals surface area contributed by atoms with E-state index in [1.54, 1.807) is 17.8 Å². The lowest BCUT2D eigenvalue weighted by molar-refractivity contribution is 0.460. The Morgan fingerprint density at radius 3 is 2.81 bits per heavy atom. The Kier molecular flexibility index (Phi) is 5.70. The second kappa shape index (κ2) is 7.82. The zero-order valence-electron chi connectivity index (χ0n) is 15.0. The smallest absolute Gasteiger partial charge is 0.203 e. The molecule has 0 bridgehead atoms. The number of hydrogen-bond donors (Lipinski definition) is 2. The van der Waals surface area contributed by atoms with Gasteiger partial charge in [-0.3, -0.25) is 4.79 Å². The first kappa shape index (κ1) is 18.9. The molecule has 5 nitrogen and oxygen atoms in total. The maximum atomic E-state index is 13.3. The molecule has 0 spiro atoms. The zero-order chi connectivity index (χ0) is 18.8. The molecule has 0 saturated heterocycles. The van der Waals surface area contributed by atoms with Gasteiger partial charge in [0.1, 0.15) is 22.1 Å². The number of phenolic OH excluding ortho intramolecular Hbond substituents is 1. The highest BCUT2D eigenvalue weighted by atomic mass is 32.2. The second-order valence-electron chi connectivity index (χ2n) is 6.18. The summed E-state index contributed by atoms with van der Waals surface area (Å²) in [5.41, 5.74) is 8.57. The van der Waals surface area contributed by atoms with E-state index >= 15 is 0 Å². The van der Waals surface area contributed by atoms with Crippen LogP contribution in [0, 0.1) is 6.92 Å². The van der Waals surface area contributed by atoms with E-state index in [4.69, 9.17) is 10.2 Å². The number of thioether (sulfide) groups is 1. The fourth-order valence-corrected chi connectivity index (χ4v) is 4.22. The van der Waals surface area contributed by atoms with E-state index in [1.165, 1.54) is 17.4 Å². The van der Waals surface area contributed by atoms with Crippen molar-refractivity contribution < 1.29 is 9.52 Å². The van der Waals surface area contributed by atoms with Gasteiger partial charge in [-0.15, -0.1) is 11.3 Å². The van der Waals surface area contributed by atoms with Crippen LogP contribution >= 0.6 is 23.1 Å². The molecule has 0 radical (unpaired) electrons. The summed E-state index contributed by atoms with van der Waals surface area (Å²) in [6, 6.07) is 2.81. The molecule has 7 heteroatoms. The lowest BCUT2D eigenvalue weighted by Gasteiger charge is -2.15. The predicted molar refractivity (Wildman–Crippen MR) is 109 cm³/mol. The van der Waals surface area contributed by atoms with Crippen LogP contribution in [0.1, 0.15) is 36.4 Å². The largest absolute Gasteiger partial charge is 0.508 e. The van der Waals surface area contributed by atoms with Crippen molar-refractivity contribution in [1.82, 2.24) is 4.98 Å². The Hall–Kier alpha value is -1.83. The highest BCUT2D eigenvalue weighted by Gasteiger charge is 2.23. The van der Waals surface area contributed by atoms with E-state index in [2.05, 4.69) is 4.98 Å². The van der Waals surface area contributed by atoms with Gasteiger partial charge in [-0.2, -0.15) is 11.8 Å². The number of aromatic hydroxyl groups is 1. The van der Waals surface area contributed by atoms with Crippen molar-refractivity contribution in [2.24, 2.45) is 5.73 Å². The lowest BCUT2D eigenvalue weighted by atomic mass is 10.0. The molecule has 0 unspecified atom stereocenters. The van der Waals surface area contributed by atoms with E-state index in [1.807, 2.05) is 25.5 Å². The van der Waals surface area contributed by atoms with E-state index in [9.17, 15) is 9.90 Å². The molecule has 3 N–H and O–H groups in total. The lowest BCUT2D eigenvalue weighted by Crippen LogP contribution is -2.18. The number of fused-ring (bicyclic) bond motifs is 1. The van der Waals surface area contributed by atoms with Crippen LogP contribution in [0.2, 0.25) is 0 Å². The Labute approximate surface area is 160 Å². The molecular weight excluding hydrogens is 368 g/mol. The van der Waals surface area contributed by atoms with Gasteiger partial charge in [0.15, 0.2) is 0 Å². The summed E-state index contributed by atoms with van der Waals surface area (Å²) in [7, 11) is 0. The van der Waals surface area contributed by atoms with Crippen molar-refractivity contribution in [2.75, 3.05) is 12.0 Å². The summed E-state index contributed by atoms with van der Waals surface area (Å²) < 4.78 is 6.05. The highest BCUT2D eigenvalue weighted by Crippen LogP contribution is 2.33. The van der Waals surface area contributed by atoms with Crippen molar-refractivity contribution >= 4 is 34.1 Å². The number of benzene rings is 1. The van der Waals surface area contributed by atoms with Gasteiger partial charge in [0.25, 0.3) is 0 Å². The molecule has 2 heterocycles. The van der Waals surface area contributed by atoms with E-state index < -0.39 is 6.04 Å². The average Bonchev–Trinajstić information content (AvgIpc) is 3.04. The Bertz CT molecular complexity index is 994. The molecule has 0 aliphatic heterocycles. The normalized spacial score (nSPS) is 12.6. The standard InChI is InChI=1S/C19H22N2O3S2/c1-4-11-7-12-15(8-14(11)22)24-18(13(20)5-6-25-3)16(17(12)23)19-21-10(2)9-26-19/h7-9,13,22H,4-6,20H2,1-3H3/t13-/m0/s1. The molecule has 26 heavy (non-hydrogen) atoms. The summed E-state index contributed by atoms with van der Waals surface area (Å²) >= 11 is 3.11. The van der Waals surface area contributed by atoms with Crippen molar-refractivity contribution in [3.63, 3.8) is 0 Å². The highest BCUT2D eigenvalue weighted by molar-refractivity contribution is 7.98. The number of nitrogens with two attached hydrogens (primary N) is 1. The zero-order valence-corrected chi connectivity index (χ0v) is 16.7. The molecule has 0 aliphatic rings. The topological polar surface area (TPSA) is 89.4 Å². The predicted octanol–water partition coefficient (Wildman–Crippen LogP) is 4.25. The molecule has 1 atom stereocenters. The molecule has 1 aromatic carbocycles. The first-order chi connectivity index (χ1) is 12.5. The van der Waals surface area contributed by atoms with E-state index in [-0.39, 0.29) is 11.2 Å². The number of rotatable bonds is 6. The molecule has 0 saturated carbocycles. The van der Waals surface area contributed by atoms with Crippen molar-refractivity contribution in [1.29, 1.82) is 0 Å². The molecular formula is C19H22N2O3S2. The van der Waals surface area contributed by atoms with Crippen LogP contribution in [0.4, 0.5) is 0 Å². The van der Waals surface area contributed by atoms with Gasteiger partial charge in [0.2, 0.25) is 5.43 Å². The van der Waals surface area contributed by atoms with Crippen LogP contribution < -0.4 is 11.2 Å².